The van der Waals surface area contributed by atoms with E-state index in [1.807, 2.05) is 45.0 Å². The van der Waals surface area contributed by atoms with E-state index in [-0.39, 0.29) is 11.9 Å². The monoisotopic (exact) mass is 254 g/mol. The number of carbonyl (C=O) groups excluding carboxylic acids is 1. The van der Waals surface area contributed by atoms with E-state index in [0.717, 1.165) is 5.56 Å². The van der Waals surface area contributed by atoms with Crippen LogP contribution in [0, 0.1) is 0 Å². The van der Waals surface area contributed by atoms with Gasteiger partial charge in [-0.25, -0.2) is 0 Å². The first-order chi connectivity index (χ1) is 7.99. The van der Waals surface area contributed by atoms with Crippen LogP contribution in [0.4, 0.5) is 0 Å². The van der Waals surface area contributed by atoms with Crippen molar-refractivity contribution in [1.29, 1.82) is 0 Å². The molecule has 1 atom stereocenters. The zero-order valence-electron chi connectivity index (χ0n) is 10.5. The number of hydrogen-bond acceptors (Lipinski definition) is 2. The van der Waals surface area contributed by atoms with Crippen LogP contribution in [0.25, 0.3) is 0 Å². The molecule has 2 N–H and O–H groups in total. The van der Waals surface area contributed by atoms with Gasteiger partial charge in [-0.05, 0) is 24.6 Å². The summed E-state index contributed by atoms with van der Waals surface area (Å²) in [5.74, 6) is -0.00817. The molecule has 1 aromatic rings. The molecule has 0 spiro atoms. The smallest absolute Gasteiger partial charge is 0.234 e. The maximum atomic E-state index is 11.6. The summed E-state index contributed by atoms with van der Waals surface area (Å²) in [5, 5.41) is 6.68. The Bertz CT molecular complexity index is 379. The molecule has 0 bridgehead atoms. The molecular weight excluding hydrogens is 236 g/mol. The highest BCUT2D eigenvalue weighted by molar-refractivity contribution is 6.30. The molecule has 0 saturated heterocycles. The molecule has 3 nitrogen and oxygen atoms in total. The average molecular weight is 255 g/mol. The van der Waals surface area contributed by atoms with E-state index in [1.54, 1.807) is 0 Å². The second-order valence-electron chi connectivity index (χ2n) is 4.38. The zero-order valence-corrected chi connectivity index (χ0v) is 11.2. The molecule has 0 aromatic heterocycles. The number of rotatable bonds is 5. The van der Waals surface area contributed by atoms with Crippen molar-refractivity contribution in [2.45, 2.75) is 32.9 Å². The van der Waals surface area contributed by atoms with Crippen LogP contribution in [-0.4, -0.2) is 18.5 Å². The molecule has 94 valence electrons. The van der Waals surface area contributed by atoms with E-state index in [1.165, 1.54) is 0 Å². The van der Waals surface area contributed by atoms with Crippen molar-refractivity contribution in [3.05, 3.63) is 34.9 Å². The SMILES string of the molecule is CC(C)NCC(=O)N[C@@H](C)c1cccc(Cl)c1. The molecule has 0 saturated carbocycles. The van der Waals surface area contributed by atoms with E-state index >= 15 is 0 Å². The lowest BCUT2D eigenvalue weighted by molar-refractivity contribution is -0.121. The van der Waals surface area contributed by atoms with Crippen LogP contribution in [-0.2, 0) is 4.79 Å². The molecule has 17 heavy (non-hydrogen) atoms. The standard InChI is InChI=1S/C13H19ClN2O/c1-9(2)15-8-13(17)16-10(3)11-5-4-6-12(14)7-11/h4-7,9-10,15H,8H2,1-3H3,(H,16,17)/t10-/m0/s1. The third kappa shape index (κ3) is 5.20. The van der Waals surface area contributed by atoms with Crippen molar-refractivity contribution in [3.63, 3.8) is 0 Å². The fraction of sp³-hybridized carbons (Fsp3) is 0.462. The summed E-state index contributed by atoms with van der Waals surface area (Å²) in [5.41, 5.74) is 1.01. The van der Waals surface area contributed by atoms with Crippen molar-refractivity contribution in [1.82, 2.24) is 10.6 Å². The summed E-state index contributed by atoms with van der Waals surface area (Å²) in [6.07, 6.45) is 0. The summed E-state index contributed by atoms with van der Waals surface area (Å²) in [7, 11) is 0. The lowest BCUT2D eigenvalue weighted by Gasteiger charge is -2.15. The van der Waals surface area contributed by atoms with Gasteiger partial charge in [-0.15, -0.1) is 0 Å². The number of halogens is 1. The van der Waals surface area contributed by atoms with Gasteiger partial charge in [0.05, 0.1) is 12.6 Å². The fourth-order valence-corrected chi connectivity index (χ4v) is 1.65. The zero-order chi connectivity index (χ0) is 12.8. The highest BCUT2D eigenvalue weighted by Crippen LogP contribution is 2.16. The third-order valence-corrected chi connectivity index (χ3v) is 2.63. The van der Waals surface area contributed by atoms with Crippen molar-refractivity contribution >= 4 is 17.5 Å². The largest absolute Gasteiger partial charge is 0.348 e. The fourth-order valence-electron chi connectivity index (χ4n) is 1.45. The summed E-state index contributed by atoms with van der Waals surface area (Å²) < 4.78 is 0. The molecule has 4 heteroatoms. The van der Waals surface area contributed by atoms with Gasteiger partial charge < -0.3 is 10.6 Å². The summed E-state index contributed by atoms with van der Waals surface area (Å²) in [4.78, 5) is 11.6. The van der Waals surface area contributed by atoms with Gasteiger partial charge in [-0.3, -0.25) is 4.79 Å². The predicted octanol–water partition coefficient (Wildman–Crippen LogP) is 2.52. The molecule has 1 rings (SSSR count). The van der Waals surface area contributed by atoms with Gasteiger partial charge in [0.25, 0.3) is 0 Å². The third-order valence-electron chi connectivity index (χ3n) is 2.40. The van der Waals surface area contributed by atoms with Crippen LogP contribution < -0.4 is 10.6 Å². The van der Waals surface area contributed by atoms with E-state index < -0.39 is 0 Å². The number of nitrogens with one attached hydrogen (secondary N) is 2. The average Bonchev–Trinajstić information content (AvgIpc) is 2.26. The second kappa shape index (κ2) is 6.62. The molecule has 0 radical (unpaired) electrons. The van der Waals surface area contributed by atoms with Crippen LogP contribution in [0.3, 0.4) is 0 Å². The molecule has 0 aliphatic rings. The minimum Gasteiger partial charge on any atom is -0.348 e. The molecule has 0 aliphatic carbocycles. The normalized spacial score (nSPS) is 12.5. The molecule has 1 aromatic carbocycles. The Kier molecular flexibility index (Phi) is 5.45. The van der Waals surface area contributed by atoms with Gasteiger partial charge in [-0.2, -0.15) is 0 Å². The van der Waals surface area contributed by atoms with E-state index in [2.05, 4.69) is 10.6 Å². The quantitative estimate of drug-likeness (QED) is 0.848. The van der Waals surface area contributed by atoms with Gasteiger partial charge in [-0.1, -0.05) is 37.6 Å². The molecule has 0 aliphatic heterocycles. The Labute approximate surface area is 108 Å². The molecule has 0 unspecified atom stereocenters. The molecular formula is C13H19ClN2O. The highest BCUT2D eigenvalue weighted by atomic mass is 35.5. The minimum atomic E-state index is -0.0323. The van der Waals surface area contributed by atoms with Crippen molar-refractivity contribution in [2.24, 2.45) is 0 Å². The van der Waals surface area contributed by atoms with Crippen LogP contribution in [0.15, 0.2) is 24.3 Å². The minimum absolute atomic E-state index is 0.00817. The first-order valence-corrected chi connectivity index (χ1v) is 6.15. The number of amides is 1. The lowest BCUT2D eigenvalue weighted by Crippen LogP contribution is -2.37. The second-order valence-corrected chi connectivity index (χ2v) is 4.82. The van der Waals surface area contributed by atoms with E-state index in [0.29, 0.717) is 17.6 Å². The Morgan fingerprint density at radius 2 is 2.06 bits per heavy atom. The van der Waals surface area contributed by atoms with Crippen LogP contribution in [0.1, 0.15) is 32.4 Å². The predicted molar refractivity (Wildman–Crippen MR) is 71.1 cm³/mol. The lowest BCUT2D eigenvalue weighted by atomic mass is 10.1. The Balaban J connectivity index is 2.48. The van der Waals surface area contributed by atoms with Gasteiger partial charge in [0.1, 0.15) is 0 Å². The van der Waals surface area contributed by atoms with Crippen LogP contribution >= 0.6 is 11.6 Å². The highest BCUT2D eigenvalue weighted by Gasteiger charge is 2.09. The van der Waals surface area contributed by atoms with Gasteiger partial charge >= 0.3 is 0 Å². The van der Waals surface area contributed by atoms with Gasteiger partial charge in [0.2, 0.25) is 5.91 Å². The summed E-state index contributed by atoms with van der Waals surface area (Å²) in [6, 6.07) is 7.79. The topological polar surface area (TPSA) is 41.1 Å². The molecule has 1 amide bonds. The molecule has 0 fully saturated rings. The van der Waals surface area contributed by atoms with Gasteiger partial charge in [0.15, 0.2) is 0 Å². The first-order valence-electron chi connectivity index (χ1n) is 5.77. The molecule has 0 heterocycles. The van der Waals surface area contributed by atoms with Crippen LogP contribution in [0.5, 0.6) is 0 Å². The maximum Gasteiger partial charge on any atom is 0.234 e. The number of carbonyl (C=O) groups is 1. The maximum absolute atomic E-state index is 11.6. The van der Waals surface area contributed by atoms with E-state index in [9.17, 15) is 4.79 Å². The Morgan fingerprint density at radius 1 is 1.35 bits per heavy atom. The summed E-state index contributed by atoms with van der Waals surface area (Å²) >= 11 is 5.90. The van der Waals surface area contributed by atoms with Gasteiger partial charge in [0, 0.05) is 11.1 Å². The van der Waals surface area contributed by atoms with Crippen LogP contribution in [0.2, 0.25) is 5.02 Å². The number of hydrogen-bond donors (Lipinski definition) is 2. The Hall–Kier alpha value is -1.06. The Morgan fingerprint density at radius 3 is 2.65 bits per heavy atom. The number of benzene rings is 1. The van der Waals surface area contributed by atoms with Crippen molar-refractivity contribution in [3.8, 4) is 0 Å². The van der Waals surface area contributed by atoms with E-state index in [4.69, 9.17) is 11.6 Å². The summed E-state index contributed by atoms with van der Waals surface area (Å²) in [6.45, 7) is 6.29. The van der Waals surface area contributed by atoms with Crippen molar-refractivity contribution < 1.29 is 4.79 Å². The first kappa shape index (κ1) is 14.0. The van der Waals surface area contributed by atoms with Crippen molar-refractivity contribution in [2.75, 3.05) is 6.54 Å².